The molecule has 9 aliphatic rings. The fourth-order valence-corrected chi connectivity index (χ4v) is 15.6. The first kappa shape index (κ1) is 56.1. The third kappa shape index (κ3) is 10.9. The lowest BCUT2D eigenvalue weighted by Crippen LogP contribution is -2.67. The van der Waals surface area contributed by atoms with E-state index in [2.05, 4.69) is 45.7 Å². The first-order chi connectivity index (χ1) is 34.8. The van der Waals surface area contributed by atoms with E-state index in [0.717, 1.165) is 90.1 Å². The van der Waals surface area contributed by atoms with Crippen molar-refractivity contribution < 1.29 is 78.4 Å². The summed E-state index contributed by atoms with van der Waals surface area (Å²) in [7, 11) is 0. The Bertz CT molecular complexity index is 1900. The molecule has 73 heavy (non-hydrogen) atoms. The summed E-state index contributed by atoms with van der Waals surface area (Å²) >= 11 is 0. The highest BCUT2D eigenvalue weighted by atomic mass is 16.8. The Morgan fingerprint density at radius 3 is 2.05 bits per heavy atom. The van der Waals surface area contributed by atoms with Gasteiger partial charge in [-0.3, -0.25) is 4.79 Å². The van der Waals surface area contributed by atoms with Crippen LogP contribution in [0.2, 0.25) is 0 Å². The minimum Gasteiger partial charge on any atom is -0.388 e. The van der Waals surface area contributed by atoms with Crippen molar-refractivity contribution in [3.8, 4) is 0 Å². The molecule has 9 rings (SSSR count). The quantitative estimate of drug-likeness (QED) is 0.0729. The first-order valence-corrected chi connectivity index (χ1v) is 28.4. The molecule has 0 bridgehead atoms. The summed E-state index contributed by atoms with van der Waals surface area (Å²) in [5.41, 5.74) is 1.50. The van der Waals surface area contributed by atoms with E-state index in [1.54, 1.807) is 0 Å². The molecule has 416 valence electrons. The molecular formula is C56H91NO16. The van der Waals surface area contributed by atoms with E-state index in [4.69, 9.17) is 37.9 Å². The molecule has 0 radical (unpaired) electrons. The van der Waals surface area contributed by atoms with Crippen LogP contribution in [0, 0.1) is 46.3 Å². The molecule has 3 saturated carbocycles. The van der Waals surface area contributed by atoms with E-state index in [9.17, 15) is 40.5 Å². The van der Waals surface area contributed by atoms with Gasteiger partial charge in [-0.2, -0.15) is 0 Å². The highest BCUT2D eigenvalue weighted by molar-refractivity contribution is 5.75. The Hall–Kier alpha value is -1.65. The van der Waals surface area contributed by atoms with Crippen LogP contribution >= 0.6 is 0 Å². The van der Waals surface area contributed by atoms with Crippen molar-refractivity contribution in [1.29, 1.82) is 0 Å². The van der Waals surface area contributed by atoms with Crippen LogP contribution in [0.3, 0.4) is 0 Å². The summed E-state index contributed by atoms with van der Waals surface area (Å²) in [5.74, 6) is 2.33. The first-order valence-electron chi connectivity index (χ1n) is 28.4. The number of aliphatic hydroxyl groups excluding tert-OH is 7. The van der Waals surface area contributed by atoms with Crippen LogP contribution in [0.5, 0.6) is 0 Å². The maximum atomic E-state index is 13.4. The topological polar surface area (TPSA) is 245 Å². The van der Waals surface area contributed by atoms with E-state index < -0.39 is 97.9 Å². The van der Waals surface area contributed by atoms with Gasteiger partial charge in [-0.25, -0.2) is 0 Å². The average molecular weight is 1030 g/mol. The molecule has 8 N–H and O–H groups in total. The molecule has 26 atom stereocenters. The minimum absolute atomic E-state index is 0.0402. The molecule has 17 nitrogen and oxygen atoms in total. The second-order valence-electron chi connectivity index (χ2n) is 24.6. The van der Waals surface area contributed by atoms with Crippen molar-refractivity contribution in [1.82, 2.24) is 5.32 Å². The lowest BCUT2D eigenvalue weighted by atomic mass is 9.47. The maximum Gasteiger partial charge on any atom is 0.220 e. The number of fused-ring (bicyclic) bond motifs is 7. The number of ether oxygens (including phenoxy) is 8. The Kier molecular flexibility index (Phi) is 17.7. The molecule has 8 fully saturated rings. The van der Waals surface area contributed by atoms with Gasteiger partial charge in [0.05, 0.1) is 31.0 Å². The van der Waals surface area contributed by atoms with Crippen LogP contribution in [0.15, 0.2) is 24.3 Å². The number of unbranched alkanes of at least 4 members (excludes halogenated alkanes) is 6. The van der Waals surface area contributed by atoms with E-state index >= 15 is 0 Å². The molecule has 0 aromatic rings. The zero-order chi connectivity index (χ0) is 52.1. The van der Waals surface area contributed by atoms with Crippen molar-refractivity contribution in [3.63, 3.8) is 0 Å². The number of carbonyl (C=O) groups is 1. The number of carbonyl (C=O) groups excluding carboxylic acids is 1. The number of nitrogens with one attached hydrogen (secondary N) is 1. The van der Waals surface area contributed by atoms with Crippen LogP contribution in [0.1, 0.15) is 151 Å². The van der Waals surface area contributed by atoms with Gasteiger partial charge in [0.25, 0.3) is 0 Å². The van der Waals surface area contributed by atoms with Crippen LogP contribution in [-0.2, 0) is 42.7 Å². The van der Waals surface area contributed by atoms with Gasteiger partial charge in [-0.1, -0.05) is 71.1 Å². The molecule has 17 heteroatoms. The van der Waals surface area contributed by atoms with E-state index in [0.29, 0.717) is 54.8 Å². The molecular weight excluding hydrogens is 943 g/mol. The zero-order valence-electron chi connectivity index (χ0n) is 44.4. The SMILES string of the molecule is C=CCCCCCCCCC(=O)NC[C@H]1O[C@@H](O[C@H]2CC[C@@]3(C)C(=CC[C@H]4[C@@H]5C[C@@H]6O[C@]7(CC[C@@H](C)CO7)[C@@H](C)[C@@H]6[C@@]5(C)CC[C@@H]43)C2)[C@H](O[C@H]2O[C@H](C)[C@@H](O)[C@H](O)[C@@H]2O)[C@@H](O)[C@@H]1O[C@H]1O[C@H](C)[C@@H](O)[C@H](O)[C@@H]1O. The van der Waals surface area contributed by atoms with Crippen molar-refractivity contribution >= 4 is 5.91 Å². The van der Waals surface area contributed by atoms with Gasteiger partial charge >= 0.3 is 0 Å². The fraction of sp³-hybridized carbons (Fsp3) is 0.911. The molecule has 5 saturated heterocycles. The van der Waals surface area contributed by atoms with Gasteiger partial charge in [0, 0.05) is 25.3 Å². The van der Waals surface area contributed by atoms with Crippen LogP contribution in [-0.4, -0.2) is 165 Å². The van der Waals surface area contributed by atoms with Crippen LogP contribution < -0.4 is 5.32 Å². The van der Waals surface area contributed by atoms with Gasteiger partial charge in [0.2, 0.25) is 5.91 Å². The normalized spacial score (nSPS) is 50.6. The second-order valence-corrected chi connectivity index (χ2v) is 24.6. The molecule has 5 aliphatic heterocycles. The van der Waals surface area contributed by atoms with Gasteiger partial charge in [-0.15, -0.1) is 6.58 Å². The Morgan fingerprint density at radius 2 is 1.40 bits per heavy atom. The molecule has 0 unspecified atom stereocenters. The largest absolute Gasteiger partial charge is 0.388 e. The van der Waals surface area contributed by atoms with Crippen LogP contribution in [0.4, 0.5) is 0 Å². The van der Waals surface area contributed by atoms with Crippen molar-refractivity contribution in [3.05, 3.63) is 24.3 Å². The molecule has 5 heterocycles. The Morgan fingerprint density at radius 1 is 0.740 bits per heavy atom. The standard InChI is InChI=1S/C56H91NO16/c1-8-9-10-11-12-13-14-15-16-40(58)57-27-39-49(71-51-46(63)44(61)42(59)31(4)67-51)48(65)50(72-52-47(64)45(62)43(60)32(5)68-52)53(70-39)69-34-20-22-54(6)33(25-34)17-18-35-36(54)21-23-55(7)37(35)26-38-41(55)30(3)56(73-38)24-19-29(2)28-66-56/h8,17,29-32,34-39,41-53,59-65H,1,9-16,18-28H2,2-7H3,(H,57,58)/t29-,30+,31-,32-,34+,35-,36+,37+,38+,39-,41+,42-,43-,44+,45+,46+,47+,48+,49-,50-,51-,52-,53-,54+,55+,56-/m1/s1. The predicted octanol–water partition coefficient (Wildman–Crippen LogP) is 4.67. The maximum absolute atomic E-state index is 13.4. The third-order valence-corrected chi connectivity index (χ3v) is 20.0. The number of allylic oxidation sites excluding steroid dienone is 2. The number of amides is 1. The Labute approximate surface area is 433 Å². The molecule has 4 aliphatic carbocycles. The lowest BCUT2D eigenvalue weighted by Gasteiger charge is -2.59. The minimum atomic E-state index is -1.73. The molecule has 0 aromatic heterocycles. The van der Waals surface area contributed by atoms with E-state index in [-0.39, 0.29) is 41.9 Å². The van der Waals surface area contributed by atoms with Crippen molar-refractivity contribution in [2.75, 3.05) is 13.2 Å². The van der Waals surface area contributed by atoms with Gasteiger partial charge in [0.1, 0.15) is 61.0 Å². The zero-order valence-corrected chi connectivity index (χ0v) is 44.4. The average Bonchev–Trinajstić information content (AvgIpc) is 3.82. The van der Waals surface area contributed by atoms with E-state index in [1.165, 1.54) is 19.4 Å². The van der Waals surface area contributed by atoms with Crippen LogP contribution in [0.25, 0.3) is 0 Å². The molecule has 1 amide bonds. The highest BCUT2D eigenvalue weighted by Gasteiger charge is 2.69. The summed E-state index contributed by atoms with van der Waals surface area (Å²) in [6.45, 7) is 17.1. The summed E-state index contributed by atoms with van der Waals surface area (Å²) in [6, 6.07) is 0. The summed E-state index contributed by atoms with van der Waals surface area (Å²) < 4.78 is 51.6. The smallest absolute Gasteiger partial charge is 0.220 e. The number of aliphatic hydroxyl groups is 7. The summed E-state index contributed by atoms with van der Waals surface area (Å²) in [6.07, 6.45) is -1.46. The predicted molar refractivity (Wildman–Crippen MR) is 266 cm³/mol. The van der Waals surface area contributed by atoms with Gasteiger partial charge in [-0.05, 0) is 125 Å². The van der Waals surface area contributed by atoms with E-state index in [1.807, 2.05) is 6.08 Å². The summed E-state index contributed by atoms with van der Waals surface area (Å²) in [5, 5.41) is 80.3. The molecule has 1 spiro atoms. The van der Waals surface area contributed by atoms with Crippen molar-refractivity contribution in [2.45, 2.75) is 261 Å². The highest BCUT2D eigenvalue weighted by Crippen LogP contribution is 2.70. The molecule has 0 aromatic carbocycles. The Balaban J connectivity index is 0.921. The second kappa shape index (κ2) is 23.0. The van der Waals surface area contributed by atoms with Gasteiger partial charge in [0.15, 0.2) is 24.7 Å². The third-order valence-electron chi connectivity index (χ3n) is 20.0. The van der Waals surface area contributed by atoms with Gasteiger partial charge < -0.3 is 79.0 Å². The van der Waals surface area contributed by atoms with Crippen molar-refractivity contribution in [2.24, 2.45) is 46.3 Å². The summed E-state index contributed by atoms with van der Waals surface area (Å²) in [4.78, 5) is 13.4. The number of hydrogen-bond donors (Lipinski definition) is 8. The monoisotopic (exact) mass is 1030 g/mol. The lowest BCUT2D eigenvalue weighted by molar-refractivity contribution is -0.386. The number of rotatable bonds is 17. The fourth-order valence-electron chi connectivity index (χ4n) is 15.6. The number of hydrogen-bond acceptors (Lipinski definition) is 16.